The van der Waals surface area contributed by atoms with Crippen LogP contribution in [0.5, 0.6) is 0 Å². The van der Waals surface area contributed by atoms with Crippen LogP contribution in [0.4, 0.5) is 0 Å². The molecule has 0 aliphatic rings. The van der Waals surface area contributed by atoms with Gasteiger partial charge in [-0.3, -0.25) is 4.98 Å². The number of benzene rings is 1. The molecule has 112 valence electrons. The highest BCUT2D eigenvalue weighted by Gasteiger charge is 2.22. The van der Waals surface area contributed by atoms with Gasteiger partial charge in [-0.15, -0.1) is 0 Å². The lowest BCUT2D eigenvalue weighted by atomic mass is 9.96. The Balaban J connectivity index is 2.18. The summed E-state index contributed by atoms with van der Waals surface area (Å²) >= 11 is 0. The molecule has 0 aliphatic carbocycles. The Hall–Kier alpha value is -1.71. The molecule has 1 aromatic carbocycles. The summed E-state index contributed by atoms with van der Waals surface area (Å²) < 4.78 is 0. The van der Waals surface area contributed by atoms with Gasteiger partial charge in [-0.05, 0) is 36.6 Å². The fraction of sp³-hybridized carbons (Fsp3) is 0.389. The Morgan fingerprint density at radius 3 is 2.33 bits per heavy atom. The highest BCUT2D eigenvalue weighted by molar-refractivity contribution is 5.30. The summed E-state index contributed by atoms with van der Waals surface area (Å²) in [6.45, 7) is 4.53. The Morgan fingerprint density at radius 2 is 1.71 bits per heavy atom. The molecule has 1 aromatic heterocycles. The second-order valence-corrected chi connectivity index (χ2v) is 5.75. The minimum Gasteiger partial charge on any atom is -0.389 e. The van der Waals surface area contributed by atoms with Gasteiger partial charge in [0.2, 0.25) is 0 Å². The Labute approximate surface area is 127 Å². The van der Waals surface area contributed by atoms with Crippen molar-refractivity contribution < 1.29 is 5.11 Å². The first-order valence-corrected chi connectivity index (χ1v) is 7.53. The molecule has 0 amide bonds. The van der Waals surface area contributed by atoms with Crippen LogP contribution in [0.15, 0.2) is 54.9 Å². The zero-order valence-electron chi connectivity index (χ0n) is 12.8. The summed E-state index contributed by atoms with van der Waals surface area (Å²) in [6, 6.07) is 14.4. The maximum absolute atomic E-state index is 10.4. The Kier molecular flexibility index (Phi) is 5.48. The van der Waals surface area contributed by atoms with Crippen LogP contribution < -0.4 is 5.32 Å². The standard InChI is InChI=1S/C18H24N2O/c1-3-11-18(2,21)14-20-17(15-7-5-4-6-8-15)16-9-12-19-13-10-16/h4-10,12-13,17,20-21H,3,11,14H2,1-2H3. The highest BCUT2D eigenvalue weighted by Crippen LogP contribution is 2.22. The lowest BCUT2D eigenvalue weighted by Gasteiger charge is -2.27. The van der Waals surface area contributed by atoms with Gasteiger partial charge in [-0.25, -0.2) is 0 Å². The second kappa shape index (κ2) is 7.34. The number of hydrogen-bond acceptors (Lipinski definition) is 3. The average Bonchev–Trinajstić information content (AvgIpc) is 2.49. The molecule has 2 atom stereocenters. The van der Waals surface area contributed by atoms with Crippen molar-refractivity contribution in [3.63, 3.8) is 0 Å². The molecule has 3 heteroatoms. The summed E-state index contributed by atoms with van der Waals surface area (Å²) in [5, 5.41) is 13.9. The van der Waals surface area contributed by atoms with Crippen molar-refractivity contribution >= 4 is 0 Å². The summed E-state index contributed by atoms with van der Waals surface area (Å²) in [7, 11) is 0. The van der Waals surface area contributed by atoms with E-state index in [1.807, 2.05) is 37.3 Å². The van der Waals surface area contributed by atoms with E-state index < -0.39 is 5.60 Å². The van der Waals surface area contributed by atoms with Gasteiger partial charge in [-0.1, -0.05) is 43.7 Å². The van der Waals surface area contributed by atoms with Gasteiger partial charge in [0.15, 0.2) is 0 Å². The van der Waals surface area contributed by atoms with Crippen molar-refractivity contribution in [2.45, 2.75) is 38.3 Å². The Bertz CT molecular complexity index is 486. The quantitative estimate of drug-likeness (QED) is 0.820. The SMILES string of the molecule is CCCC(C)(O)CNC(c1ccccc1)c1ccncc1. The minimum atomic E-state index is -0.686. The average molecular weight is 284 g/mol. The molecule has 0 aliphatic heterocycles. The monoisotopic (exact) mass is 284 g/mol. The number of nitrogens with zero attached hydrogens (tertiary/aromatic N) is 1. The van der Waals surface area contributed by atoms with Gasteiger partial charge >= 0.3 is 0 Å². The molecule has 0 saturated heterocycles. The van der Waals surface area contributed by atoms with E-state index in [4.69, 9.17) is 0 Å². The van der Waals surface area contributed by atoms with Crippen molar-refractivity contribution in [3.05, 3.63) is 66.0 Å². The predicted molar refractivity (Wildman–Crippen MR) is 86.1 cm³/mol. The van der Waals surface area contributed by atoms with Crippen LogP contribution in [0.25, 0.3) is 0 Å². The van der Waals surface area contributed by atoms with Crippen LogP contribution in [0.1, 0.15) is 43.9 Å². The largest absolute Gasteiger partial charge is 0.389 e. The van der Waals surface area contributed by atoms with Gasteiger partial charge in [0.1, 0.15) is 0 Å². The molecule has 0 spiro atoms. The third-order valence-corrected chi connectivity index (χ3v) is 3.65. The van der Waals surface area contributed by atoms with Gasteiger partial charge in [0.05, 0.1) is 11.6 Å². The number of hydrogen-bond donors (Lipinski definition) is 2. The molecule has 0 bridgehead atoms. The molecule has 0 fully saturated rings. The number of pyridine rings is 1. The van der Waals surface area contributed by atoms with E-state index in [0.717, 1.165) is 18.4 Å². The van der Waals surface area contributed by atoms with Crippen molar-refractivity contribution in [1.29, 1.82) is 0 Å². The van der Waals surface area contributed by atoms with E-state index in [9.17, 15) is 5.11 Å². The zero-order valence-corrected chi connectivity index (χ0v) is 12.8. The van der Waals surface area contributed by atoms with Gasteiger partial charge in [-0.2, -0.15) is 0 Å². The normalized spacial score (nSPS) is 15.4. The Morgan fingerprint density at radius 1 is 1.10 bits per heavy atom. The predicted octanol–water partition coefficient (Wildman–Crippen LogP) is 3.31. The molecule has 0 radical (unpaired) electrons. The summed E-state index contributed by atoms with van der Waals surface area (Å²) in [6.07, 6.45) is 5.37. The van der Waals surface area contributed by atoms with Gasteiger partial charge < -0.3 is 10.4 Å². The van der Waals surface area contributed by atoms with E-state index >= 15 is 0 Å². The van der Waals surface area contributed by atoms with Crippen LogP contribution in [-0.4, -0.2) is 22.2 Å². The topological polar surface area (TPSA) is 45.1 Å². The molecule has 2 aromatic rings. The summed E-state index contributed by atoms with van der Waals surface area (Å²) in [4.78, 5) is 4.08. The highest BCUT2D eigenvalue weighted by atomic mass is 16.3. The van der Waals surface area contributed by atoms with Crippen LogP contribution in [0.2, 0.25) is 0 Å². The summed E-state index contributed by atoms with van der Waals surface area (Å²) in [5.74, 6) is 0. The van der Waals surface area contributed by atoms with E-state index in [2.05, 4.69) is 29.4 Å². The maximum atomic E-state index is 10.4. The lowest BCUT2D eigenvalue weighted by molar-refractivity contribution is 0.0483. The first-order chi connectivity index (χ1) is 10.1. The zero-order chi connectivity index (χ0) is 15.1. The second-order valence-electron chi connectivity index (χ2n) is 5.75. The molecule has 2 rings (SSSR count). The molecule has 0 saturated carbocycles. The fourth-order valence-corrected chi connectivity index (χ4v) is 2.58. The van der Waals surface area contributed by atoms with Crippen molar-refractivity contribution in [1.82, 2.24) is 10.3 Å². The van der Waals surface area contributed by atoms with Crippen LogP contribution in [0, 0.1) is 0 Å². The molecule has 21 heavy (non-hydrogen) atoms. The van der Waals surface area contributed by atoms with E-state index in [1.165, 1.54) is 5.56 Å². The molecule has 3 nitrogen and oxygen atoms in total. The fourth-order valence-electron chi connectivity index (χ4n) is 2.58. The van der Waals surface area contributed by atoms with E-state index in [0.29, 0.717) is 6.54 Å². The minimum absolute atomic E-state index is 0.0672. The molecule has 2 unspecified atom stereocenters. The molecular formula is C18H24N2O. The third-order valence-electron chi connectivity index (χ3n) is 3.65. The number of nitrogens with one attached hydrogen (secondary N) is 1. The van der Waals surface area contributed by atoms with Crippen molar-refractivity contribution in [2.75, 3.05) is 6.54 Å². The molecule has 1 heterocycles. The molecular weight excluding hydrogens is 260 g/mol. The van der Waals surface area contributed by atoms with E-state index in [-0.39, 0.29) is 6.04 Å². The summed E-state index contributed by atoms with van der Waals surface area (Å²) in [5.41, 5.74) is 1.66. The van der Waals surface area contributed by atoms with Crippen LogP contribution in [0.3, 0.4) is 0 Å². The maximum Gasteiger partial charge on any atom is 0.0743 e. The van der Waals surface area contributed by atoms with Crippen molar-refractivity contribution in [3.8, 4) is 0 Å². The van der Waals surface area contributed by atoms with Crippen LogP contribution >= 0.6 is 0 Å². The van der Waals surface area contributed by atoms with Gasteiger partial charge in [0, 0.05) is 18.9 Å². The van der Waals surface area contributed by atoms with Crippen molar-refractivity contribution in [2.24, 2.45) is 0 Å². The smallest absolute Gasteiger partial charge is 0.0743 e. The van der Waals surface area contributed by atoms with Crippen LogP contribution in [-0.2, 0) is 0 Å². The number of aromatic nitrogens is 1. The first-order valence-electron chi connectivity index (χ1n) is 7.53. The lowest BCUT2D eigenvalue weighted by Crippen LogP contribution is -2.39. The van der Waals surface area contributed by atoms with Gasteiger partial charge in [0.25, 0.3) is 0 Å². The third kappa shape index (κ3) is 4.66. The number of aliphatic hydroxyl groups is 1. The van der Waals surface area contributed by atoms with E-state index in [1.54, 1.807) is 12.4 Å². The number of rotatable bonds is 7. The first kappa shape index (κ1) is 15.7. The molecule has 2 N–H and O–H groups in total.